The molecular weight excluding hydrogens is 265 g/mol. The van der Waals surface area contributed by atoms with Gasteiger partial charge in [-0.05, 0) is 36.6 Å². The molecule has 0 amide bonds. The van der Waals surface area contributed by atoms with E-state index in [1.807, 2.05) is 12.1 Å². The summed E-state index contributed by atoms with van der Waals surface area (Å²) in [4.78, 5) is 0. The number of nitrogens with one attached hydrogen (secondary N) is 1. The molecule has 0 aliphatic carbocycles. The van der Waals surface area contributed by atoms with Crippen molar-refractivity contribution in [1.82, 2.24) is 0 Å². The Bertz CT molecular complexity index is 643. The normalized spacial score (nSPS) is 27.4. The number of hydrogen-bond acceptors (Lipinski definition) is 2. The second-order valence-corrected chi connectivity index (χ2v) is 5.86. The van der Waals surface area contributed by atoms with Crippen LogP contribution in [-0.2, 0) is 4.74 Å². The summed E-state index contributed by atoms with van der Waals surface area (Å²) in [6.07, 6.45) is 2.17. The minimum Gasteiger partial charge on any atom is -0.378 e. The van der Waals surface area contributed by atoms with Gasteiger partial charge < -0.3 is 10.1 Å². The Kier molecular flexibility index (Phi) is 3.15. The SMILES string of the molecule is Fc1ccc2c(c1)[C@H]1OCCC[C@@H]1[C@@H](c1ccccc1)N2. The summed E-state index contributed by atoms with van der Waals surface area (Å²) in [6.45, 7) is 0.763. The van der Waals surface area contributed by atoms with Crippen molar-refractivity contribution in [2.45, 2.75) is 25.0 Å². The van der Waals surface area contributed by atoms with Gasteiger partial charge in [-0.1, -0.05) is 30.3 Å². The van der Waals surface area contributed by atoms with E-state index >= 15 is 0 Å². The molecule has 3 atom stereocenters. The van der Waals surface area contributed by atoms with E-state index in [1.165, 1.54) is 11.6 Å². The lowest BCUT2D eigenvalue weighted by atomic mass is 9.77. The number of rotatable bonds is 1. The maximum atomic E-state index is 13.6. The molecule has 0 radical (unpaired) electrons. The van der Waals surface area contributed by atoms with Gasteiger partial charge in [-0.25, -0.2) is 4.39 Å². The number of benzene rings is 2. The van der Waals surface area contributed by atoms with E-state index in [9.17, 15) is 4.39 Å². The second kappa shape index (κ2) is 5.15. The van der Waals surface area contributed by atoms with Crippen molar-refractivity contribution in [1.29, 1.82) is 0 Å². The van der Waals surface area contributed by atoms with Crippen LogP contribution in [0.15, 0.2) is 48.5 Å². The van der Waals surface area contributed by atoms with Crippen LogP contribution in [0, 0.1) is 11.7 Å². The van der Waals surface area contributed by atoms with Gasteiger partial charge in [0.25, 0.3) is 0 Å². The first kappa shape index (κ1) is 12.8. The smallest absolute Gasteiger partial charge is 0.123 e. The Morgan fingerprint density at radius 2 is 1.95 bits per heavy atom. The molecule has 108 valence electrons. The maximum Gasteiger partial charge on any atom is 0.123 e. The van der Waals surface area contributed by atoms with E-state index in [-0.39, 0.29) is 18.0 Å². The van der Waals surface area contributed by atoms with Gasteiger partial charge in [-0.15, -0.1) is 0 Å². The fraction of sp³-hybridized carbons (Fsp3) is 0.333. The highest BCUT2D eigenvalue weighted by molar-refractivity contribution is 5.57. The zero-order valence-electron chi connectivity index (χ0n) is 11.8. The molecular formula is C18H18FNO. The molecule has 0 bridgehead atoms. The molecule has 2 aliphatic heterocycles. The quantitative estimate of drug-likeness (QED) is 0.834. The fourth-order valence-corrected chi connectivity index (χ4v) is 3.63. The molecule has 0 unspecified atom stereocenters. The van der Waals surface area contributed by atoms with Crippen LogP contribution in [0.4, 0.5) is 10.1 Å². The zero-order chi connectivity index (χ0) is 14.2. The highest BCUT2D eigenvalue weighted by Crippen LogP contribution is 2.49. The molecule has 0 saturated carbocycles. The van der Waals surface area contributed by atoms with E-state index in [0.29, 0.717) is 5.92 Å². The van der Waals surface area contributed by atoms with Gasteiger partial charge in [0.05, 0.1) is 12.1 Å². The van der Waals surface area contributed by atoms with Gasteiger partial charge in [0.2, 0.25) is 0 Å². The minimum atomic E-state index is -0.193. The third-order valence-corrected chi connectivity index (χ3v) is 4.59. The molecule has 1 fully saturated rings. The predicted octanol–water partition coefficient (Wildman–Crippen LogP) is 4.46. The van der Waals surface area contributed by atoms with Gasteiger partial charge in [0.15, 0.2) is 0 Å². The molecule has 1 N–H and O–H groups in total. The van der Waals surface area contributed by atoms with Crippen LogP contribution in [0.5, 0.6) is 0 Å². The third kappa shape index (κ3) is 2.22. The summed E-state index contributed by atoms with van der Waals surface area (Å²) in [5, 5.41) is 3.59. The van der Waals surface area contributed by atoms with Crippen LogP contribution in [0.1, 0.15) is 36.1 Å². The number of fused-ring (bicyclic) bond motifs is 3. The van der Waals surface area contributed by atoms with Crippen molar-refractivity contribution < 1.29 is 9.13 Å². The van der Waals surface area contributed by atoms with Crippen LogP contribution in [0.3, 0.4) is 0 Å². The number of hydrogen-bond donors (Lipinski definition) is 1. The van der Waals surface area contributed by atoms with Crippen molar-refractivity contribution >= 4 is 5.69 Å². The fourth-order valence-electron chi connectivity index (χ4n) is 3.63. The van der Waals surface area contributed by atoms with Crippen LogP contribution in [0.25, 0.3) is 0 Å². The second-order valence-electron chi connectivity index (χ2n) is 5.86. The highest BCUT2D eigenvalue weighted by Gasteiger charge is 2.39. The molecule has 2 aromatic carbocycles. The first-order valence-electron chi connectivity index (χ1n) is 7.55. The van der Waals surface area contributed by atoms with Crippen LogP contribution in [-0.4, -0.2) is 6.61 Å². The Morgan fingerprint density at radius 1 is 1.10 bits per heavy atom. The van der Waals surface area contributed by atoms with E-state index in [4.69, 9.17) is 4.74 Å². The van der Waals surface area contributed by atoms with E-state index in [2.05, 4.69) is 29.6 Å². The lowest BCUT2D eigenvalue weighted by Crippen LogP contribution is -2.36. The summed E-state index contributed by atoms with van der Waals surface area (Å²) in [7, 11) is 0. The van der Waals surface area contributed by atoms with Crippen molar-refractivity contribution in [2.24, 2.45) is 5.92 Å². The average molecular weight is 283 g/mol. The van der Waals surface area contributed by atoms with Gasteiger partial charge in [0, 0.05) is 23.8 Å². The maximum absolute atomic E-state index is 13.6. The Balaban J connectivity index is 1.79. The summed E-state index contributed by atoms with van der Waals surface area (Å²) < 4.78 is 19.6. The molecule has 0 spiro atoms. The van der Waals surface area contributed by atoms with Crippen molar-refractivity contribution in [3.63, 3.8) is 0 Å². The molecule has 4 rings (SSSR count). The molecule has 2 aliphatic rings. The van der Waals surface area contributed by atoms with Gasteiger partial charge >= 0.3 is 0 Å². The Hall–Kier alpha value is -1.87. The Morgan fingerprint density at radius 3 is 2.81 bits per heavy atom. The van der Waals surface area contributed by atoms with Crippen molar-refractivity contribution in [3.05, 3.63) is 65.5 Å². The molecule has 2 aromatic rings. The van der Waals surface area contributed by atoms with Crippen molar-refractivity contribution in [2.75, 3.05) is 11.9 Å². The van der Waals surface area contributed by atoms with Gasteiger partial charge in [-0.3, -0.25) is 0 Å². The number of halogens is 1. The largest absolute Gasteiger partial charge is 0.378 e. The highest BCUT2D eigenvalue weighted by atomic mass is 19.1. The van der Waals surface area contributed by atoms with E-state index < -0.39 is 0 Å². The predicted molar refractivity (Wildman–Crippen MR) is 80.6 cm³/mol. The number of ether oxygens (including phenoxy) is 1. The molecule has 2 heterocycles. The Labute approximate surface area is 123 Å². The summed E-state index contributed by atoms with van der Waals surface area (Å²) in [6, 6.07) is 15.7. The summed E-state index contributed by atoms with van der Waals surface area (Å²) >= 11 is 0. The molecule has 0 aromatic heterocycles. The van der Waals surface area contributed by atoms with Crippen LogP contribution in [0.2, 0.25) is 0 Å². The third-order valence-electron chi connectivity index (χ3n) is 4.59. The van der Waals surface area contributed by atoms with Gasteiger partial charge in [-0.2, -0.15) is 0 Å². The molecule has 3 heteroatoms. The minimum absolute atomic E-state index is 0.00379. The standard InChI is InChI=1S/C18H18FNO/c19-13-8-9-16-15(11-13)18-14(7-4-10-21-18)17(20-16)12-5-2-1-3-6-12/h1-3,5-6,8-9,11,14,17-18,20H,4,7,10H2/t14-,17-,18+/m1/s1. The summed E-state index contributed by atoms with van der Waals surface area (Å²) in [5.41, 5.74) is 3.23. The van der Waals surface area contributed by atoms with E-state index in [1.54, 1.807) is 6.07 Å². The van der Waals surface area contributed by atoms with E-state index in [0.717, 1.165) is 30.7 Å². The zero-order valence-corrected chi connectivity index (χ0v) is 11.8. The molecule has 1 saturated heterocycles. The molecule has 2 nitrogen and oxygen atoms in total. The number of anilines is 1. The topological polar surface area (TPSA) is 21.3 Å². The first-order chi connectivity index (χ1) is 10.3. The first-order valence-corrected chi connectivity index (χ1v) is 7.55. The molecule has 21 heavy (non-hydrogen) atoms. The van der Waals surface area contributed by atoms with Gasteiger partial charge in [0.1, 0.15) is 5.82 Å². The lowest BCUT2D eigenvalue weighted by Gasteiger charge is -2.43. The lowest BCUT2D eigenvalue weighted by molar-refractivity contribution is -0.0382. The average Bonchev–Trinajstić information content (AvgIpc) is 2.55. The van der Waals surface area contributed by atoms with Crippen molar-refractivity contribution in [3.8, 4) is 0 Å². The monoisotopic (exact) mass is 283 g/mol. The van der Waals surface area contributed by atoms with Crippen LogP contribution < -0.4 is 5.32 Å². The summed E-state index contributed by atoms with van der Waals surface area (Å²) in [5.74, 6) is 0.164. The van der Waals surface area contributed by atoms with Crippen LogP contribution >= 0.6 is 0 Å².